The molecule has 0 spiro atoms. The molecule has 0 amide bonds. The van der Waals surface area contributed by atoms with E-state index in [0.29, 0.717) is 0 Å². The fourth-order valence-electron chi connectivity index (χ4n) is 0.514. The lowest BCUT2D eigenvalue weighted by molar-refractivity contribution is 1.27. The summed E-state index contributed by atoms with van der Waals surface area (Å²) in [6, 6.07) is 0. The molecule has 0 heteroatoms. The molecule has 0 aromatic rings. The van der Waals surface area contributed by atoms with Gasteiger partial charge in [0.05, 0.1) is 0 Å². The third-order valence-electron chi connectivity index (χ3n) is 0.961. The van der Waals surface area contributed by atoms with E-state index in [-0.39, 0.29) is 0 Å². The van der Waals surface area contributed by atoms with Crippen LogP contribution >= 0.6 is 0 Å². The van der Waals surface area contributed by atoms with Crippen molar-refractivity contribution in [2.45, 2.75) is 26.7 Å². The average Bonchev–Trinajstić information content (AvgIpc) is 1.97. The lowest BCUT2D eigenvalue weighted by atomic mass is 10.3. The molecule has 0 aliphatic carbocycles. The minimum Gasteiger partial charge on any atom is -0.103 e. The Labute approximate surface area is 63.6 Å². The molecule has 0 aliphatic rings. The second kappa shape index (κ2) is 8.04. The number of allylic oxidation sites excluding steroid dienone is 4. The molecule has 10 heavy (non-hydrogen) atoms. The van der Waals surface area contributed by atoms with Crippen molar-refractivity contribution in [2.24, 2.45) is 0 Å². The summed E-state index contributed by atoms with van der Waals surface area (Å²) < 4.78 is 0. The summed E-state index contributed by atoms with van der Waals surface area (Å²) >= 11 is 0. The zero-order valence-corrected chi connectivity index (χ0v) is 6.72. The van der Waals surface area contributed by atoms with Crippen LogP contribution in [0.25, 0.3) is 0 Å². The van der Waals surface area contributed by atoms with Crippen molar-refractivity contribution in [1.29, 1.82) is 0 Å². The van der Waals surface area contributed by atoms with E-state index in [1.807, 2.05) is 25.2 Å². The molecule has 0 saturated heterocycles. The third kappa shape index (κ3) is 7.04. The Bertz CT molecular complexity index is 162. The Morgan fingerprint density at radius 3 is 2.60 bits per heavy atom. The molecule has 0 fully saturated rings. The molecule has 0 unspecified atom stereocenters. The van der Waals surface area contributed by atoms with Crippen molar-refractivity contribution in [3.8, 4) is 11.8 Å². The standard InChI is InChI=1S/C10H14/c1-3-5-7-9-10-8-6-4-2/h3,5,7,9H,4,10H2,1-2H3. The summed E-state index contributed by atoms with van der Waals surface area (Å²) in [6.45, 7) is 4.06. The van der Waals surface area contributed by atoms with Gasteiger partial charge < -0.3 is 0 Å². The lowest BCUT2D eigenvalue weighted by Crippen LogP contribution is -1.58. The third-order valence-corrected chi connectivity index (χ3v) is 0.961. The van der Waals surface area contributed by atoms with Crippen LogP contribution in [0.15, 0.2) is 24.3 Å². The van der Waals surface area contributed by atoms with Crippen LogP contribution in [0.2, 0.25) is 0 Å². The highest BCUT2D eigenvalue weighted by molar-refractivity contribution is 5.08. The van der Waals surface area contributed by atoms with Gasteiger partial charge in [0.1, 0.15) is 0 Å². The van der Waals surface area contributed by atoms with Gasteiger partial charge in [-0.3, -0.25) is 0 Å². The largest absolute Gasteiger partial charge is 0.103 e. The molecule has 0 aromatic carbocycles. The van der Waals surface area contributed by atoms with Gasteiger partial charge in [-0.1, -0.05) is 37.1 Å². The highest BCUT2D eigenvalue weighted by Crippen LogP contribution is 1.82. The highest BCUT2D eigenvalue weighted by Gasteiger charge is 1.65. The van der Waals surface area contributed by atoms with E-state index >= 15 is 0 Å². The normalized spacial score (nSPS) is 10.2. The van der Waals surface area contributed by atoms with E-state index in [1.165, 1.54) is 0 Å². The summed E-state index contributed by atoms with van der Waals surface area (Å²) in [5.41, 5.74) is 0. The molecule has 0 rings (SSSR count). The molecule has 0 nitrogen and oxygen atoms in total. The number of hydrogen-bond acceptors (Lipinski definition) is 0. The Morgan fingerprint density at radius 2 is 2.00 bits per heavy atom. The van der Waals surface area contributed by atoms with Crippen LogP contribution in [0.4, 0.5) is 0 Å². The maximum Gasteiger partial charge on any atom is 0.0272 e. The van der Waals surface area contributed by atoms with E-state index in [0.717, 1.165) is 12.8 Å². The fourth-order valence-corrected chi connectivity index (χ4v) is 0.514. The van der Waals surface area contributed by atoms with Crippen LogP contribution in [-0.4, -0.2) is 0 Å². The lowest BCUT2D eigenvalue weighted by Gasteiger charge is -1.74. The second-order valence-corrected chi connectivity index (χ2v) is 1.87. The Balaban J connectivity index is 3.35. The van der Waals surface area contributed by atoms with Gasteiger partial charge in [0.25, 0.3) is 0 Å². The van der Waals surface area contributed by atoms with Gasteiger partial charge in [0.15, 0.2) is 0 Å². The quantitative estimate of drug-likeness (QED) is 0.402. The second-order valence-electron chi connectivity index (χ2n) is 1.87. The fraction of sp³-hybridized carbons (Fsp3) is 0.400. The molecular formula is C10H14. The topological polar surface area (TPSA) is 0 Å². The van der Waals surface area contributed by atoms with Crippen LogP contribution < -0.4 is 0 Å². The van der Waals surface area contributed by atoms with Crippen LogP contribution in [0, 0.1) is 11.8 Å². The number of hydrogen-bond donors (Lipinski definition) is 0. The van der Waals surface area contributed by atoms with Crippen molar-refractivity contribution in [3.63, 3.8) is 0 Å². The molecule has 0 saturated carbocycles. The minimum atomic E-state index is 0.873. The summed E-state index contributed by atoms with van der Waals surface area (Å²) in [6.07, 6.45) is 9.92. The van der Waals surface area contributed by atoms with E-state index < -0.39 is 0 Å². The first kappa shape index (κ1) is 9.04. The number of rotatable bonds is 2. The van der Waals surface area contributed by atoms with Gasteiger partial charge in [-0.15, -0.1) is 5.92 Å². The van der Waals surface area contributed by atoms with Crippen LogP contribution in [0.5, 0.6) is 0 Å². The predicted molar refractivity (Wildman–Crippen MR) is 46.6 cm³/mol. The molecular weight excluding hydrogens is 120 g/mol. The molecule has 0 radical (unpaired) electrons. The molecule has 0 bridgehead atoms. The zero-order chi connectivity index (χ0) is 7.66. The van der Waals surface area contributed by atoms with Crippen molar-refractivity contribution < 1.29 is 0 Å². The maximum absolute atomic E-state index is 3.02. The molecule has 0 atom stereocenters. The van der Waals surface area contributed by atoms with Crippen molar-refractivity contribution in [1.82, 2.24) is 0 Å². The summed E-state index contributed by atoms with van der Waals surface area (Å²) in [4.78, 5) is 0. The van der Waals surface area contributed by atoms with E-state index in [1.54, 1.807) is 0 Å². The smallest absolute Gasteiger partial charge is 0.0272 e. The summed E-state index contributed by atoms with van der Waals surface area (Å²) in [7, 11) is 0. The predicted octanol–water partition coefficient (Wildman–Crippen LogP) is 2.92. The van der Waals surface area contributed by atoms with Gasteiger partial charge in [0, 0.05) is 12.8 Å². The van der Waals surface area contributed by atoms with E-state index in [9.17, 15) is 0 Å². The van der Waals surface area contributed by atoms with Crippen LogP contribution in [0.1, 0.15) is 26.7 Å². The van der Waals surface area contributed by atoms with E-state index in [2.05, 4.69) is 24.8 Å². The maximum atomic E-state index is 3.02. The Morgan fingerprint density at radius 1 is 1.20 bits per heavy atom. The van der Waals surface area contributed by atoms with Crippen LogP contribution in [0.3, 0.4) is 0 Å². The van der Waals surface area contributed by atoms with Gasteiger partial charge in [-0.05, 0) is 6.92 Å². The molecule has 0 N–H and O–H groups in total. The van der Waals surface area contributed by atoms with Crippen molar-refractivity contribution >= 4 is 0 Å². The minimum absolute atomic E-state index is 0.873. The molecule has 0 heterocycles. The Kier molecular flexibility index (Phi) is 7.27. The van der Waals surface area contributed by atoms with E-state index in [4.69, 9.17) is 0 Å². The van der Waals surface area contributed by atoms with Gasteiger partial charge in [-0.25, -0.2) is 0 Å². The molecule has 54 valence electrons. The van der Waals surface area contributed by atoms with Crippen molar-refractivity contribution in [2.75, 3.05) is 0 Å². The summed E-state index contributed by atoms with van der Waals surface area (Å²) in [5.74, 6) is 6.02. The first-order chi connectivity index (χ1) is 4.91. The van der Waals surface area contributed by atoms with Crippen LogP contribution in [-0.2, 0) is 0 Å². The average molecular weight is 134 g/mol. The van der Waals surface area contributed by atoms with Gasteiger partial charge in [-0.2, -0.15) is 0 Å². The molecule has 0 aromatic heterocycles. The Hall–Kier alpha value is -0.960. The SMILES string of the molecule is CC=CC=CCC#CCC. The van der Waals surface area contributed by atoms with Gasteiger partial charge in [0.2, 0.25) is 0 Å². The zero-order valence-electron chi connectivity index (χ0n) is 6.72. The first-order valence-electron chi connectivity index (χ1n) is 3.65. The highest BCUT2D eigenvalue weighted by atomic mass is 13.7. The first-order valence-corrected chi connectivity index (χ1v) is 3.65. The molecule has 0 aliphatic heterocycles. The summed E-state index contributed by atoms with van der Waals surface area (Å²) in [5, 5.41) is 0. The van der Waals surface area contributed by atoms with Gasteiger partial charge >= 0.3 is 0 Å². The van der Waals surface area contributed by atoms with Crippen molar-refractivity contribution in [3.05, 3.63) is 24.3 Å². The monoisotopic (exact) mass is 134 g/mol.